The van der Waals surface area contributed by atoms with Crippen molar-refractivity contribution in [2.75, 3.05) is 0 Å². The monoisotopic (exact) mass is 292 g/mol. The molecule has 110 valence electrons. The largest absolute Gasteiger partial charge is 0.464 e. The molecule has 1 aromatic heterocycles. The third kappa shape index (κ3) is 1.99. The van der Waals surface area contributed by atoms with Gasteiger partial charge < -0.3 is 5.11 Å². The van der Waals surface area contributed by atoms with Crippen LogP contribution in [0.15, 0.2) is 42.5 Å². The number of benzene rings is 2. The maximum absolute atomic E-state index is 11.7. The van der Waals surface area contributed by atoms with E-state index >= 15 is 0 Å². The molecule has 1 N–H and O–H groups in total. The normalized spacial score (nSPS) is 14.0. The number of fused-ring (bicyclic) bond motifs is 2. The van der Waals surface area contributed by atoms with Crippen LogP contribution >= 0.6 is 0 Å². The van der Waals surface area contributed by atoms with E-state index in [2.05, 4.69) is 17.1 Å². The van der Waals surface area contributed by atoms with E-state index in [1.54, 1.807) is 6.07 Å². The SMILES string of the molecule is O=C(O)n1c(-c2ccc3c(c2)CCCC3)nc2ccccc21. The van der Waals surface area contributed by atoms with Crippen molar-refractivity contribution < 1.29 is 9.90 Å². The molecule has 2 aromatic carbocycles. The summed E-state index contributed by atoms with van der Waals surface area (Å²) in [5.41, 5.74) is 4.92. The van der Waals surface area contributed by atoms with Gasteiger partial charge in [0, 0.05) is 5.56 Å². The van der Waals surface area contributed by atoms with Gasteiger partial charge in [0.15, 0.2) is 5.82 Å². The summed E-state index contributed by atoms with van der Waals surface area (Å²) in [4.78, 5) is 16.2. The molecule has 3 aromatic rings. The second kappa shape index (κ2) is 4.98. The number of rotatable bonds is 1. The highest BCUT2D eigenvalue weighted by atomic mass is 16.4. The Balaban J connectivity index is 1.94. The Morgan fingerprint density at radius 3 is 2.64 bits per heavy atom. The van der Waals surface area contributed by atoms with E-state index in [9.17, 15) is 9.90 Å². The molecule has 0 saturated carbocycles. The van der Waals surface area contributed by atoms with Gasteiger partial charge in [-0.2, -0.15) is 0 Å². The maximum atomic E-state index is 11.7. The van der Waals surface area contributed by atoms with Crippen molar-refractivity contribution in [2.24, 2.45) is 0 Å². The molecule has 0 bridgehead atoms. The summed E-state index contributed by atoms with van der Waals surface area (Å²) in [6, 6.07) is 13.6. The molecule has 0 aliphatic heterocycles. The minimum atomic E-state index is -0.999. The molecule has 4 nitrogen and oxygen atoms in total. The molecule has 0 fully saturated rings. The first-order valence-electron chi connectivity index (χ1n) is 7.57. The fourth-order valence-corrected chi connectivity index (χ4v) is 3.29. The van der Waals surface area contributed by atoms with E-state index in [0.717, 1.165) is 18.4 Å². The summed E-state index contributed by atoms with van der Waals surface area (Å²) in [5.74, 6) is 0.502. The van der Waals surface area contributed by atoms with Gasteiger partial charge in [0.1, 0.15) is 0 Å². The van der Waals surface area contributed by atoms with Gasteiger partial charge in [-0.1, -0.05) is 24.3 Å². The molecule has 0 unspecified atom stereocenters. The molecular formula is C18H16N2O2. The molecule has 0 saturated heterocycles. The minimum Gasteiger partial charge on any atom is -0.464 e. The van der Waals surface area contributed by atoms with Gasteiger partial charge in [-0.3, -0.25) is 0 Å². The third-order valence-corrected chi connectivity index (χ3v) is 4.36. The van der Waals surface area contributed by atoms with Crippen molar-refractivity contribution in [3.63, 3.8) is 0 Å². The summed E-state index contributed by atoms with van der Waals surface area (Å²) in [7, 11) is 0. The maximum Gasteiger partial charge on any atom is 0.417 e. The van der Waals surface area contributed by atoms with Gasteiger partial charge >= 0.3 is 6.09 Å². The number of aromatic nitrogens is 2. The number of carbonyl (C=O) groups is 1. The molecule has 1 heterocycles. The first-order chi connectivity index (χ1) is 10.7. The molecule has 1 aliphatic carbocycles. The average molecular weight is 292 g/mol. The average Bonchev–Trinajstić information content (AvgIpc) is 2.94. The second-order valence-corrected chi connectivity index (χ2v) is 5.73. The van der Waals surface area contributed by atoms with Gasteiger partial charge in [-0.25, -0.2) is 14.3 Å². The number of hydrogen-bond donors (Lipinski definition) is 1. The minimum absolute atomic E-state index is 0.502. The van der Waals surface area contributed by atoms with E-state index in [4.69, 9.17) is 0 Å². The van der Waals surface area contributed by atoms with Gasteiger partial charge in [0.25, 0.3) is 0 Å². The Morgan fingerprint density at radius 1 is 1.05 bits per heavy atom. The summed E-state index contributed by atoms with van der Waals surface area (Å²) in [5, 5.41) is 9.58. The van der Waals surface area contributed by atoms with Crippen molar-refractivity contribution in [3.8, 4) is 11.4 Å². The van der Waals surface area contributed by atoms with Crippen molar-refractivity contribution >= 4 is 17.1 Å². The Kier molecular flexibility index (Phi) is 2.96. The third-order valence-electron chi connectivity index (χ3n) is 4.36. The number of aryl methyl sites for hydroxylation is 2. The molecule has 4 rings (SSSR count). The Hall–Kier alpha value is -2.62. The topological polar surface area (TPSA) is 55.1 Å². The van der Waals surface area contributed by atoms with Crippen LogP contribution in [0.2, 0.25) is 0 Å². The molecule has 0 radical (unpaired) electrons. The van der Waals surface area contributed by atoms with Crippen LogP contribution < -0.4 is 0 Å². The fourth-order valence-electron chi connectivity index (χ4n) is 3.29. The van der Waals surface area contributed by atoms with Crippen LogP contribution in [0.4, 0.5) is 4.79 Å². The van der Waals surface area contributed by atoms with Gasteiger partial charge in [0.2, 0.25) is 0 Å². The molecule has 0 spiro atoms. The predicted molar refractivity (Wildman–Crippen MR) is 85.2 cm³/mol. The fraction of sp³-hybridized carbons (Fsp3) is 0.222. The Morgan fingerprint density at radius 2 is 1.82 bits per heavy atom. The van der Waals surface area contributed by atoms with E-state index in [1.807, 2.05) is 24.3 Å². The summed E-state index contributed by atoms with van der Waals surface area (Å²) < 4.78 is 1.28. The van der Waals surface area contributed by atoms with Gasteiger partial charge in [-0.05, 0) is 55.0 Å². The predicted octanol–water partition coefficient (Wildman–Crippen LogP) is 4.11. The van der Waals surface area contributed by atoms with Crippen LogP contribution in [-0.2, 0) is 12.8 Å². The standard InChI is InChI=1S/C18H16N2O2/c21-18(22)20-16-8-4-3-7-15(16)19-17(20)14-10-9-12-5-1-2-6-13(12)11-14/h3-4,7-11H,1-2,5-6H2,(H,21,22). The van der Waals surface area contributed by atoms with Crippen LogP contribution in [0, 0.1) is 0 Å². The highest BCUT2D eigenvalue weighted by molar-refractivity contribution is 5.91. The van der Waals surface area contributed by atoms with Gasteiger partial charge in [0.05, 0.1) is 11.0 Å². The highest BCUT2D eigenvalue weighted by Crippen LogP contribution is 2.29. The van der Waals surface area contributed by atoms with E-state index in [1.165, 1.54) is 28.5 Å². The van der Waals surface area contributed by atoms with Crippen molar-refractivity contribution in [3.05, 3.63) is 53.6 Å². The lowest BCUT2D eigenvalue weighted by Crippen LogP contribution is -2.10. The Labute approximate surface area is 128 Å². The number of hydrogen-bond acceptors (Lipinski definition) is 2. The lowest BCUT2D eigenvalue weighted by molar-refractivity contribution is 0.197. The lowest BCUT2D eigenvalue weighted by atomic mass is 9.90. The summed E-state index contributed by atoms with van der Waals surface area (Å²) in [6.45, 7) is 0. The summed E-state index contributed by atoms with van der Waals surface area (Å²) in [6.07, 6.45) is 3.62. The van der Waals surface area contributed by atoms with Crippen LogP contribution in [0.3, 0.4) is 0 Å². The summed E-state index contributed by atoms with van der Waals surface area (Å²) >= 11 is 0. The molecule has 0 amide bonds. The van der Waals surface area contributed by atoms with Crippen LogP contribution in [-0.4, -0.2) is 20.8 Å². The lowest BCUT2D eigenvalue weighted by Gasteiger charge is -2.16. The number of nitrogens with zero attached hydrogens (tertiary/aromatic N) is 2. The van der Waals surface area contributed by atoms with Crippen LogP contribution in [0.5, 0.6) is 0 Å². The molecular weight excluding hydrogens is 276 g/mol. The van der Waals surface area contributed by atoms with Crippen LogP contribution in [0.1, 0.15) is 24.0 Å². The van der Waals surface area contributed by atoms with E-state index in [0.29, 0.717) is 16.9 Å². The van der Waals surface area contributed by atoms with E-state index in [-0.39, 0.29) is 0 Å². The zero-order valence-corrected chi connectivity index (χ0v) is 12.1. The zero-order valence-electron chi connectivity index (χ0n) is 12.1. The van der Waals surface area contributed by atoms with Crippen molar-refractivity contribution in [1.82, 2.24) is 9.55 Å². The first kappa shape index (κ1) is 13.1. The zero-order chi connectivity index (χ0) is 15.1. The van der Waals surface area contributed by atoms with Crippen molar-refractivity contribution in [2.45, 2.75) is 25.7 Å². The highest BCUT2D eigenvalue weighted by Gasteiger charge is 2.18. The molecule has 0 atom stereocenters. The Bertz CT molecular complexity index is 880. The van der Waals surface area contributed by atoms with Crippen molar-refractivity contribution in [1.29, 1.82) is 0 Å². The first-order valence-corrected chi connectivity index (χ1v) is 7.57. The molecule has 1 aliphatic rings. The molecule has 4 heteroatoms. The number of imidazole rings is 1. The number of carboxylic acid groups (broad SMARTS) is 1. The smallest absolute Gasteiger partial charge is 0.417 e. The second-order valence-electron chi connectivity index (χ2n) is 5.73. The number of para-hydroxylation sites is 2. The van der Waals surface area contributed by atoms with E-state index < -0.39 is 6.09 Å². The van der Waals surface area contributed by atoms with Gasteiger partial charge in [-0.15, -0.1) is 0 Å². The molecule has 22 heavy (non-hydrogen) atoms. The quantitative estimate of drug-likeness (QED) is 0.734. The van der Waals surface area contributed by atoms with Crippen LogP contribution in [0.25, 0.3) is 22.4 Å².